The summed E-state index contributed by atoms with van der Waals surface area (Å²) in [6.45, 7) is 0.122. The van der Waals surface area contributed by atoms with E-state index < -0.39 is 41.4 Å². The number of ether oxygens (including phenoxy) is 2. The largest absolute Gasteiger partial charge is 0.497 e. The van der Waals surface area contributed by atoms with Crippen molar-refractivity contribution in [1.82, 2.24) is 20.7 Å². The molecular weight excluding hydrogens is 674 g/mol. The van der Waals surface area contributed by atoms with E-state index in [2.05, 4.69) is 27.2 Å². The van der Waals surface area contributed by atoms with Crippen LogP contribution in [0, 0.1) is 11.7 Å². The van der Waals surface area contributed by atoms with Crippen molar-refractivity contribution < 1.29 is 33.1 Å². The van der Waals surface area contributed by atoms with Crippen LogP contribution in [-0.4, -0.2) is 65.0 Å². The maximum Gasteiger partial charge on any atom is 0.278 e. The summed E-state index contributed by atoms with van der Waals surface area (Å²) < 4.78 is 26.8. The van der Waals surface area contributed by atoms with E-state index in [-0.39, 0.29) is 24.8 Å². The van der Waals surface area contributed by atoms with Crippen LogP contribution in [0.2, 0.25) is 0 Å². The molecule has 4 aromatic rings. The highest BCUT2D eigenvalue weighted by Crippen LogP contribution is 2.45. The standard InChI is InChI=1S/C38H40FN5O6S/c1-48-28-17-18-30-33(21-28)51-37(41-30)49-29-20-32-34(45)42-38(36(47)43-50-27-14-7-5-8-15-27)22-24(38)11-6-3-2-4-9-16-31(35(46)44(32)23-29)40-26-13-10-12-25(39)19-26/h5-8,10-15,17-19,21,24,29,31-32,40H,2-4,9,16,20,22-23H2,1H3,(H,42,45)(H,43,47)/t24-,29-,31+,32+,38-/m1/s1. The summed E-state index contributed by atoms with van der Waals surface area (Å²) in [5.41, 5.74) is 2.51. The molecule has 1 aromatic heterocycles. The number of carbonyl (C=O) groups is 3. The van der Waals surface area contributed by atoms with Crippen LogP contribution in [-0.2, 0) is 14.4 Å². The number of amides is 3. The molecule has 3 heterocycles. The van der Waals surface area contributed by atoms with Gasteiger partial charge in [-0.15, -0.1) is 0 Å². The number of anilines is 1. The van der Waals surface area contributed by atoms with E-state index in [4.69, 9.17) is 14.3 Å². The first kappa shape index (κ1) is 34.3. The average molecular weight is 714 g/mol. The molecule has 1 saturated carbocycles. The normalized spacial score (nSPS) is 25.1. The minimum Gasteiger partial charge on any atom is -0.497 e. The molecule has 2 aliphatic heterocycles. The van der Waals surface area contributed by atoms with Gasteiger partial charge in [-0.1, -0.05) is 60.6 Å². The van der Waals surface area contributed by atoms with E-state index in [1.165, 1.54) is 28.4 Å². The Balaban J connectivity index is 1.16. The molecule has 51 heavy (non-hydrogen) atoms. The van der Waals surface area contributed by atoms with Gasteiger partial charge in [0.15, 0.2) is 5.75 Å². The number of carbonyl (C=O) groups excluding carboxylic acids is 3. The van der Waals surface area contributed by atoms with Crippen molar-refractivity contribution >= 4 is 45.0 Å². The SMILES string of the molecule is COc1ccc2nc(O[C@@H]3C[C@H]4C(=O)N[C@]5(C(=O)NOc6ccccc6)C[C@H]5C=CCCCCC[C@H](Nc5cccc(F)c5)C(=O)N4C3)sc2c1. The Morgan fingerprint density at radius 3 is 2.73 bits per heavy atom. The second-order valence-electron chi connectivity index (χ2n) is 13.2. The molecule has 3 aromatic carbocycles. The third kappa shape index (κ3) is 7.78. The van der Waals surface area contributed by atoms with Gasteiger partial charge in [0.25, 0.3) is 11.1 Å². The number of methoxy groups -OCH3 is 1. The fraction of sp³-hybridized carbons (Fsp3) is 0.368. The van der Waals surface area contributed by atoms with Gasteiger partial charge in [-0.3, -0.25) is 14.4 Å². The van der Waals surface area contributed by atoms with Crippen LogP contribution in [0.15, 0.2) is 84.9 Å². The van der Waals surface area contributed by atoms with Crippen LogP contribution in [0.3, 0.4) is 0 Å². The Morgan fingerprint density at radius 1 is 1.04 bits per heavy atom. The zero-order chi connectivity index (χ0) is 35.4. The summed E-state index contributed by atoms with van der Waals surface area (Å²) in [6, 6.07) is 18.7. The predicted octanol–water partition coefficient (Wildman–Crippen LogP) is 5.78. The van der Waals surface area contributed by atoms with Gasteiger partial charge < -0.3 is 29.8 Å². The molecule has 0 unspecified atom stereocenters. The van der Waals surface area contributed by atoms with Crippen molar-refractivity contribution in [1.29, 1.82) is 0 Å². The molecule has 1 aliphatic carbocycles. The van der Waals surface area contributed by atoms with Crippen LogP contribution in [0.5, 0.6) is 16.7 Å². The number of nitrogens with one attached hydrogen (secondary N) is 3. The zero-order valence-electron chi connectivity index (χ0n) is 28.2. The fourth-order valence-corrected chi connectivity index (χ4v) is 7.74. The van der Waals surface area contributed by atoms with Crippen molar-refractivity contribution in [2.45, 2.75) is 68.7 Å². The molecule has 5 atom stereocenters. The van der Waals surface area contributed by atoms with Crippen LogP contribution >= 0.6 is 11.3 Å². The van der Waals surface area contributed by atoms with Crippen molar-refractivity contribution in [3.8, 4) is 16.7 Å². The minimum absolute atomic E-state index is 0.122. The molecule has 1 saturated heterocycles. The number of benzene rings is 3. The average Bonchev–Trinajstić information content (AvgIpc) is 3.44. The molecule has 0 spiro atoms. The predicted molar refractivity (Wildman–Crippen MR) is 191 cm³/mol. The van der Waals surface area contributed by atoms with Gasteiger partial charge in [-0.25, -0.2) is 9.37 Å². The number of hydrogen-bond acceptors (Lipinski definition) is 9. The van der Waals surface area contributed by atoms with E-state index in [9.17, 15) is 18.8 Å². The molecule has 3 amide bonds. The molecule has 2 fully saturated rings. The Labute approximate surface area is 299 Å². The third-order valence-corrected chi connectivity index (χ3v) is 10.6. The van der Waals surface area contributed by atoms with Crippen LogP contribution in [0.25, 0.3) is 10.2 Å². The van der Waals surface area contributed by atoms with Crippen molar-refractivity contribution in [3.05, 3.63) is 90.8 Å². The number of fused-ring (bicyclic) bond motifs is 3. The molecule has 0 radical (unpaired) electrons. The fourth-order valence-electron chi connectivity index (χ4n) is 6.83. The van der Waals surface area contributed by atoms with Gasteiger partial charge in [0.05, 0.1) is 23.9 Å². The van der Waals surface area contributed by atoms with Gasteiger partial charge in [-0.05, 0) is 74.2 Å². The van der Waals surface area contributed by atoms with Gasteiger partial charge in [0, 0.05) is 18.0 Å². The maximum absolute atomic E-state index is 14.5. The minimum atomic E-state index is -1.25. The second-order valence-corrected chi connectivity index (χ2v) is 14.2. The van der Waals surface area contributed by atoms with E-state index >= 15 is 0 Å². The lowest BCUT2D eigenvalue weighted by atomic mass is 10.0. The van der Waals surface area contributed by atoms with Crippen LogP contribution in [0.1, 0.15) is 44.9 Å². The summed E-state index contributed by atoms with van der Waals surface area (Å²) in [4.78, 5) is 54.2. The molecule has 11 nitrogen and oxygen atoms in total. The molecule has 7 rings (SSSR count). The van der Waals surface area contributed by atoms with Gasteiger partial charge in [0.1, 0.15) is 35.3 Å². The first-order valence-electron chi connectivity index (χ1n) is 17.3. The molecular formula is C38H40FN5O6S. The number of halogens is 1. The smallest absolute Gasteiger partial charge is 0.278 e. The van der Waals surface area contributed by atoms with Crippen molar-refractivity contribution in [3.63, 3.8) is 0 Å². The van der Waals surface area contributed by atoms with Gasteiger partial charge in [0.2, 0.25) is 11.8 Å². The Hall–Kier alpha value is -5.17. The van der Waals surface area contributed by atoms with Crippen molar-refractivity contribution in [2.24, 2.45) is 5.92 Å². The topological polar surface area (TPSA) is 131 Å². The molecule has 3 N–H and O–H groups in total. The van der Waals surface area contributed by atoms with E-state index in [1.54, 1.807) is 43.5 Å². The second kappa shape index (κ2) is 15.0. The highest BCUT2D eigenvalue weighted by atomic mass is 32.1. The lowest BCUT2D eigenvalue weighted by Gasteiger charge is -2.30. The zero-order valence-corrected chi connectivity index (χ0v) is 29.0. The molecule has 13 heteroatoms. The molecule has 3 aliphatic rings. The number of para-hydroxylation sites is 1. The summed E-state index contributed by atoms with van der Waals surface area (Å²) in [5, 5.41) is 6.68. The van der Waals surface area contributed by atoms with E-state index in [1.807, 2.05) is 30.3 Å². The maximum atomic E-state index is 14.5. The summed E-state index contributed by atoms with van der Waals surface area (Å²) in [7, 11) is 1.60. The Morgan fingerprint density at radius 2 is 1.90 bits per heavy atom. The number of rotatable bonds is 8. The third-order valence-electron chi connectivity index (χ3n) is 9.66. The summed E-state index contributed by atoms with van der Waals surface area (Å²) in [5.74, 6) is -0.751. The Bertz CT molecular complexity index is 1920. The van der Waals surface area contributed by atoms with Crippen LogP contribution < -0.4 is 30.4 Å². The van der Waals surface area contributed by atoms with Gasteiger partial charge in [-0.2, -0.15) is 5.48 Å². The highest BCUT2D eigenvalue weighted by Gasteiger charge is 2.61. The lowest BCUT2D eigenvalue weighted by Crippen LogP contribution is -2.57. The highest BCUT2D eigenvalue weighted by molar-refractivity contribution is 7.20. The number of aromatic nitrogens is 1. The number of hydroxylamine groups is 1. The van der Waals surface area contributed by atoms with E-state index in [0.29, 0.717) is 35.2 Å². The number of nitrogens with zero attached hydrogens (tertiary/aromatic N) is 2. The summed E-state index contributed by atoms with van der Waals surface area (Å²) in [6.07, 6.45) is 7.85. The van der Waals surface area contributed by atoms with Gasteiger partial charge >= 0.3 is 0 Å². The first-order valence-corrected chi connectivity index (χ1v) is 18.1. The first-order chi connectivity index (χ1) is 24.8. The monoisotopic (exact) mass is 713 g/mol. The molecule has 266 valence electrons. The van der Waals surface area contributed by atoms with E-state index in [0.717, 1.165) is 35.9 Å². The number of hydrogen-bond donors (Lipinski definition) is 3. The van der Waals surface area contributed by atoms with Crippen molar-refractivity contribution in [2.75, 3.05) is 19.0 Å². The number of allylic oxidation sites excluding steroid dienone is 1. The summed E-state index contributed by atoms with van der Waals surface area (Å²) >= 11 is 1.35. The quantitative estimate of drug-likeness (QED) is 0.155. The van der Waals surface area contributed by atoms with Crippen LogP contribution in [0.4, 0.5) is 10.1 Å². The Kier molecular flexibility index (Phi) is 10.1. The lowest BCUT2D eigenvalue weighted by molar-refractivity contribution is -0.141. The number of thiazole rings is 1. The molecule has 0 bridgehead atoms.